The van der Waals surface area contributed by atoms with Crippen molar-refractivity contribution in [1.29, 1.82) is 0 Å². The largest absolute Gasteiger partial charge is 0.379 e. The summed E-state index contributed by atoms with van der Waals surface area (Å²) in [6, 6.07) is 5.29. The molecule has 1 saturated carbocycles. The highest BCUT2D eigenvalue weighted by Gasteiger charge is 2.30. The Hall–Kier alpha value is -1.59. The van der Waals surface area contributed by atoms with Crippen LogP contribution in [0.3, 0.4) is 0 Å². The van der Waals surface area contributed by atoms with Crippen molar-refractivity contribution in [3.05, 3.63) is 33.7 Å². The van der Waals surface area contributed by atoms with E-state index in [1.54, 1.807) is 0 Å². The fourth-order valence-corrected chi connectivity index (χ4v) is 5.07. The van der Waals surface area contributed by atoms with Gasteiger partial charge in [0.15, 0.2) is 0 Å². The first-order valence-corrected chi connectivity index (χ1v) is 10.6. The zero-order valence-electron chi connectivity index (χ0n) is 17.0. The summed E-state index contributed by atoms with van der Waals surface area (Å²) in [6.07, 6.45) is 7.48. The van der Waals surface area contributed by atoms with Gasteiger partial charge in [-0.05, 0) is 82.6 Å². The second-order valence-electron chi connectivity index (χ2n) is 8.41. The Morgan fingerprint density at radius 1 is 1.00 bits per heavy atom. The van der Waals surface area contributed by atoms with Crippen LogP contribution in [0.1, 0.15) is 62.6 Å². The number of nitrogens with one attached hydrogen (secondary N) is 1. The van der Waals surface area contributed by atoms with Crippen molar-refractivity contribution in [2.24, 2.45) is 0 Å². The summed E-state index contributed by atoms with van der Waals surface area (Å²) in [7, 11) is 0. The Labute approximate surface area is 161 Å². The first kappa shape index (κ1) is 18.8. The standard InChI is InChI=1S/C22H33N3O2/c1-4-27-19-7-5-17(6-8-19)24-11-9-18(10-12-24)25-21-14-16(3)15(2)13-20(21)23-22(25)26/h13-14,17-19H,4-12H2,1-3H3,(H,23,26). The van der Waals surface area contributed by atoms with Gasteiger partial charge in [-0.15, -0.1) is 0 Å². The third-order valence-corrected chi connectivity index (χ3v) is 6.76. The molecular weight excluding hydrogens is 338 g/mol. The molecule has 1 aliphatic heterocycles. The van der Waals surface area contributed by atoms with E-state index >= 15 is 0 Å². The second kappa shape index (κ2) is 7.80. The van der Waals surface area contributed by atoms with Crippen LogP contribution in [-0.4, -0.2) is 46.3 Å². The highest BCUT2D eigenvalue weighted by molar-refractivity contribution is 5.77. The molecule has 5 heteroatoms. The van der Waals surface area contributed by atoms with Gasteiger partial charge in [0.1, 0.15) is 0 Å². The number of aromatic nitrogens is 2. The topological polar surface area (TPSA) is 50.3 Å². The predicted octanol–water partition coefficient (Wildman–Crippen LogP) is 3.93. The van der Waals surface area contributed by atoms with Crippen LogP contribution < -0.4 is 5.69 Å². The first-order valence-electron chi connectivity index (χ1n) is 10.6. The molecule has 2 fully saturated rings. The van der Waals surface area contributed by atoms with Crippen LogP contribution in [0.15, 0.2) is 16.9 Å². The van der Waals surface area contributed by atoms with Gasteiger partial charge in [-0.3, -0.25) is 4.57 Å². The third-order valence-electron chi connectivity index (χ3n) is 6.76. The van der Waals surface area contributed by atoms with Gasteiger partial charge in [0.05, 0.1) is 17.1 Å². The molecule has 2 heterocycles. The summed E-state index contributed by atoms with van der Waals surface area (Å²) in [5.41, 5.74) is 4.57. The molecular formula is C22H33N3O2. The summed E-state index contributed by atoms with van der Waals surface area (Å²) in [6.45, 7) is 9.34. The molecule has 2 aromatic rings. The van der Waals surface area contributed by atoms with E-state index in [-0.39, 0.29) is 5.69 Å². The van der Waals surface area contributed by atoms with Gasteiger partial charge >= 0.3 is 5.69 Å². The van der Waals surface area contributed by atoms with E-state index in [1.807, 2.05) is 4.57 Å². The van der Waals surface area contributed by atoms with E-state index in [0.717, 1.165) is 43.6 Å². The van der Waals surface area contributed by atoms with Gasteiger partial charge in [-0.1, -0.05) is 0 Å². The molecule has 0 atom stereocenters. The minimum atomic E-state index is 0.0469. The Bertz CT molecular complexity index is 837. The maximum absolute atomic E-state index is 12.6. The maximum atomic E-state index is 12.6. The smallest absolute Gasteiger partial charge is 0.326 e. The Morgan fingerprint density at radius 3 is 2.33 bits per heavy atom. The van der Waals surface area contributed by atoms with E-state index < -0.39 is 0 Å². The molecule has 1 saturated heterocycles. The van der Waals surface area contributed by atoms with Crippen molar-refractivity contribution >= 4 is 11.0 Å². The molecule has 27 heavy (non-hydrogen) atoms. The number of H-pyrrole nitrogens is 1. The monoisotopic (exact) mass is 371 g/mol. The zero-order chi connectivity index (χ0) is 19.0. The van der Waals surface area contributed by atoms with Gasteiger partial charge < -0.3 is 14.6 Å². The number of imidazole rings is 1. The molecule has 1 aromatic heterocycles. The van der Waals surface area contributed by atoms with Gasteiger partial charge in [-0.25, -0.2) is 4.79 Å². The fraction of sp³-hybridized carbons (Fsp3) is 0.682. The average Bonchev–Trinajstić information content (AvgIpc) is 2.98. The maximum Gasteiger partial charge on any atom is 0.326 e. The summed E-state index contributed by atoms with van der Waals surface area (Å²) >= 11 is 0. The van der Waals surface area contributed by atoms with Crippen LogP contribution in [0.4, 0.5) is 0 Å². The summed E-state index contributed by atoms with van der Waals surface area (Å²) in [5, 5.41) is 0. The van der Waals surface area contributed by atoms with Crippen LogP contribution in [0.25, 0.3) is 11.0 Å². The van der Waals surface area contributed by atoms with Crippen LogP contribution in [0, 0.1) is 13.8 Å². The zero-order valence-corrected chi connectivity index (χ0v) is 17.0. The molecule has 148 valence electrons. The SMILES string of the molecule is CCOC1CCC(N2CCC(n3c(=O)[nH]c4cc(C)c(C)cc43)CC2)CC1. The number of ether oxygens (including phenoxy) is 1. The molecule has 1 N–H and O–H groups in total. The minimum Gasteiger partial charge on any atom is -0.379 e. The molecule has 0 amide bonds. The number of likely N-dealkylation sites (tertiary alicyclic amines) is 1. The summed E-state index contributed by atoms with van der Waals surface area (Å²) in [5.74, 6) is 0. The molecule has 5 nitrogen and oxygen atoms in total. The van der Waals surface area contributed by atoms with Crippen molar-refractivity contribution in [2.45, 2.75) is 77.5 Å². The van der Waals surface area contributed by atoms with E-state index in [0.29, 0.717) is 18.2 Å². The third kappa shape index (κ3) is 3.72. The van der Waals surface area contributed by atoms with Gasteiger partial charge in [-0.2, -0.15) is 0 Å². The number of hydrogen-bond acceptors (Lipinski definition) is 3. The van der Waals surface area contributed by atoms with Crippen LogP contribution >= 0.6 is 0 Å². The number of aryl methyl sites for hydroxylation is 2. The normalized spacial score (nSPS) is 25.3. The first-order chi connectivity index (χ1) is 13.1. The van der Waals surface area contributed by atoms with Crippen LogP contribution in [0.5, 0.6) is 0 Å². The van der Waals surface area contributed by atoms with Crippen molar-refractivity contribution in [3.63, 3.8) is 0 Å². The number of rotatable bonds is 4. The van der Waals surface area contributed by atoms with Gasteiger partial charge in [0.2, 0.25) is 0 Å². The highest BCUT2D eigenvalue weighted by Crippen LogP contribution is 2.31. The molecule has 1 aromatic carbocycles. The number of piperidine rings is 1. The van der Waals surface area contributed by atoms with E-state index in [2.05, 4.69) is 42.8 Å². The minimum absolute atomic E-state index is 0.0469. The Kier molecular flexibility index (Phi) is 5.42. The Balaban J connectivity index is 1.43. The van der Waals surface area contributed by atoms with Crippen LogP contribution in [0.2, 0.25) is 0 Å². The average molecular weight is 372 g/mol. The second-order valence-corrected chi connectivity index (χ2v) is 8.41. The molecule has 4 rings (SSSR count). The Morgan fingerprint density at radius 2 is 1.67 bits per heavy atom. The summed E-state index contributed by atoms with van der Waals surface area (Å²) in [4.78, 5) is 18.3. The van der Waals surface area contributed by atoms with Crippen molar-refractivity contribution in [1.82, 2.24) is 14.5 Å². The lowest BCUT2D eigenvalue weighted by Crippen LogP contribution is -2.45. The highest BCUT2D eigenvalue weighted by atomic mass is 16.5. The number of nitrogens with zero attached hydrogens (tertiary/aromatic N) is 2. The number of benzene rings is 1. The summed E-state index contributed by atoms with van der Waals surface area (Å²) < 4.78 is 7.82. The van der Waals surface area contributed by atoms with E-state index in [1.165, 1.54) is 36.8 Å². The number of fused-ring (bicyclic) bond motifs is 1. The van der Waals surface area contributed by atoms with Crippen molar-refractivity contribution < 1.29 is 4.74 Å². The molecule has 0 spiro atoms. The lowest BCUT2D eigenvalue weighted by Gasteiger charge is -2.41. The number of aromatic amines is 1. The van der Waals surface area contributed by atoms with Crippen molar-refractivity contribution in [3.8, 4) is 0 Å². The van der Waals surface area contributed by atoms with Gasteiger partial charge in [0.25, 0.3) is 0 Å². The molecule has 2 aliphatic rings. The van der Waals surface area contributed by atoms with Crippen molar-refractivity contribution in [2.75, 3.05) is 19.7 Å². The molecule has 0 unspecified atom stereocenters. The quantitative estimate of drug-likeness (QED) is 0.886. The predicted molar refractivity (Wildman–Crippen MR) is 110 cm³/mol. The van der Waals surface area contributed by atoms with E-state index in [9.17, 15) is 4.79 Å². The molecule has 0 radical (unpaired) electrons. The lowest BCUT2D eigenvalue weighted by molar-refractivity contribution is 0.00796. The fourth-order valence-electron chi connectivity index (χ4n) is 5.07. The molecule has 0 bridgehead atoms. The van der Waals surface area contributed by atoms with Crippen LogP contribution in [-0.2, 0) is 4.74 Å². The number of hydrogen-bond donors (Lipinski definition) is 1. The lowest BCUT2D eigenvalue weighted by atomic mass is 9.90. The molecule has 1 aliphatic carbocycles. The van der Waals surface area contributed by atoms with Gasteiger partial charge in [0, 0.05) is 31.8 Å². The van der Waals surface area contributed by atoms with E-state index in [4.69, 9.17) is 4.74 Å².